The number of hydrogen-bond donors (Lipinski definition) is 1. The molecular weight excluding hydrogens is 254 g/mol. The summed E-state index contributed by atoms with van der Waals surface area (Å²) < 4.78 is 5.53. The lowest BCUT2D eigenvalue weighted by atomic mass is 10.1. The molecule has 2 heterocycles. The van der Waals surface area contributed by atoms with Crippen molar-refractivity contribution in [2.75, 3.05) is 31.6 Å². The van der Waals surface area contributed by atoms with E-state index in [2.05, 4.69) is 21.3 Å². The van der Waals surface area contributed by atoms with Crippen molar-refractivity contribution < 1.29 is 9.53 Å². The normalized spacial score (nSPS) is 19.1. The van der Waals surface area contributed by atoms with E-state index in [0.29, 0.717) is 13.2 Å². The molecular formula is C15H17N3O2. The van der Waals surface area contributed by atoms with Crippen LogP contribution in [-0.4, -0.2) is 43.7 Å². The summed E-state index contributed by atoms with van der Waals surface area (Å²) in [4.78, 5) is 18.3. The molecule has 1 atom stereocenters. The molecule has 1 unspecified atom stereocenters. The summed E-state index contributed by atoms with van der Waals surface area (Å²) in [6, 6.07) is 10.0. The Kier molecular flexibility index (Phi) is 3.52. The van der Waals surface area contributed by atoms with Gasteiger partial charge in [-0.25, -0.2) is 0 Å². The molecule has 5 heteroatoms. The van der Waals surface area contributed by atoms with Crippen molar-refractivity contribution in [2.45, 2.75) is 6.10 Å². The van der Waals surface area contributed by atoms with E-state index in [1.54, 1.807) is 7.05 Å². The Hall–Kier alpha value is -2.14. The first-order chi connectivity index (χ1) is 9.79. The van der Waals surface area contributed by atoms with E-state index in [9.17, 15) is 4.79 Å². The fraction of sp³-hybridized carbons (Fsp3) is 0.333. The lowest BCUT2D eigenvalue weighted by Crippen LogP contribution is -2.49. The van der Waals surface area contributed by atoms with Gasteiger partial charge in [0.15, 0.2) is 6.10 Å². The summed E-state index contributed by atoms with van der Waals surface area (Å²) in [6.07, 6.45) is 1.39. The maximum atomic E-state index is 11.7. The fourth-order valence-electron chi connectivity index (χ4n) is 2.54. The highest BCUT2D eigenvalue weighted by Gasteiger charge is 2.26. The van der Waals surface area contributed by atoms with E-state index >= 15 is 0 Å². The zero-order chi connectivity index (χ0) is 13.9. The smallest absolute Gasteiger partial charge is 0.250 e. The zero-order valence-electron chi connectivity index (χ0n) is 11.4. The molecule has 1 aliphatic rings. The average Bonchev–Trinajstić information content (AvgIpc) is 2.53. The highest BCUT2D eigenvalue weighted by molar-refractivity contribution is 5.92. The SMILES string of the molecule is CNC(=O)C1CN(c2ccnc3ccccc23)CCO1. The van der Waals surface area contributed by atoms with Crippen LogP contribution in [0.3, 0.4) is 0 Å². The van der Waals surface area contributed by atoms with Gasteiger partial charge in [-0.3, -0.25) is 9.78 Å². The average molecular weight is 271 g/mol. The predicted molar refractivity (Wildman–Crippen MR) is 77.8 cm³/mol. The second kappa shape index (κ2) is 5.46. The number of nitrogens with zero attached hydrogens (tertiary/aromatic N) is 2. The fourth-order valence-corrected chi connectivity index (χ4v) is 2.54. The van der Waals surface area contributed by atoms with Gasteiger partial charge < -0.3 is 15.0 Å². The number of nitrogens with one attached hydrogen (secondary N) is 1. The van der Waals surface area contributed by atoms with Crippen molar-refractivity contribution >= 4 is 22.5 Å². The van der Waals surface area contributed by atoms with E-state index < -0.39 is 6.10 Å². The van der Waals surface area contributed by atoms with Gasteiger partial charge in [0.2, 0.25) is 0 Å². The van der Waals surface area contributed by atoms with E-state index in [4.69, 9.17) is 4.74 Å². The minimum atomic E-state index is -0.416. The van der Waals surface area contributed by atoms with E-state index in [0.717, 1.165) is 23.1 Å². The minimum absolute atomic E-state index is 0.0759. The second-order valence-corrected chi connectivity index (χ2v) is 4.77. The van der Waals surface area contributed by atoms with Crippen molar-refractivity contribution in [3.05, 3.63) is 36.5 Å². The highest BCUT2D eigenvalue weighted by atomic mass is 16.5. The van der Waals surface area contributed by atoms with Crippen molar-refractivity contribution in [3.8, 4) is 0 Å². The third kappa shape index (κ3) is 2.32. The number of pyridine rings is 1. The van der Waals surface area contributed by atoms with Crippen LogP contribution in [-0.2, 0) is 9.53 Å². The second-order valence-electron chi connectivity index (χ2n) is 4.77. The van der Waals surface area contributed by atoms with Crippen LogP contribution in [0, 0.1) is 0 Å². The standard InChI is InChI=1S/C15H17N3O2/c1-16-15(19)14-10-18(8-9-20-14)13-6-7-17-12-5-3-2-4-11(12)13/h2-7,14H,8-10H2,1H3,(H,16,19). The Balaban J connectivity index is 1.92. The molecule has 1 amide bonds. The number of carbonyl (C=O) groups excluding carboxylic acids is 1. The third-order valence-corrected chi connectivity index (χ3v) is 3.57. The Morgan fingerprint density at radius 2 is 2.25 bits per heavy atom. The molecule has 0 spiro atoms. The molecule has 2 aromatic rings. The van der Waals surface area contributed by atoms with Gasteiger partial charge in [0.1, 0.15) is 0 Å². The largest absolute Gasteiger partial charge is 0.365 e. The molecule has 0 saturated carbocycles. The molecule has 1 aliphatic heterocycles. The van der Waals surface area contributed by atoms with Crippen molar-refractivity contribution in [3.63, 3.8) is 0 Å². The monoisotopic (exact) mass is 271 g/mol. The predicted octanol–water partition coefficient (Wildman–Crippen LogP) is 1.19. The van der Waals surface area contributed by atoms with Gasteiger partial charge in [-0.05, 0) is 12.1 Å². The number of anilines is 1. The van der Waals surface area contributed by atoms with Crippen LogP contribution in [0.1, 0.15) is 0 Å². The number of ether oxygens (including phenoxy) is 1. The summed E-state index contributed by atoms with van der Waals surface area (Å²) in [6.45, 7) is 1.89. The number of fused-ring (bicyclic) bond motifs is 1. The molecule has 104 valence electrons. The Labute approximate surface area is 117 Å². The summed E-state index contributed by atoms with van der Waals surface area (Å²) in [7, 11) is 1.63. The van der Waals surface area contributed by atoms with Crippen LogP contribution in [0.15, 0.2) is 36.5 Å². The number of morpholine rings is 1. The van der Waals surface area contributed by atoms with Crippen LogP contribution in [0.4, 0.5) is 5.69 Å². The number of aromatic nitrogens is 1. The number of amides is 1. The number of carbonyl (C=O) groups is 1. The zero-order valence-corrected chi connectivity index (χ0v) is 11.4. The van der Waals surface area contributed by atoms with Crippen molar-refractivity contribution in [2.24, 2.45) is 0 Å². The first-order valence-electron chi connectivity index (χ1n) is 6.71. The lowest BCUT2D eigenvalue weighted by Gasteiger charge is -2.34. The van der Waals surface area contributed by atoms with Crippen molar-refractivity contribution in [1.82, 2.24) is 10.3 Å². The summed E-state index contributed by atoms with van der Waals surface area (Å²) >= 11 is 0. The van der Waals surface area contributed by atoms with Crippen LogP contribution in [0.25, 0.3) is 10.9 Å². The van der Waals surface area contributed by atoms with Gasteiger partial charge in [-0.1, -0.05) is 18.2 Å². The van der Waals surface area contributed by atoms with Crippen LogP contribution in [0.2, 0.25) is 0 Å². The summed E-state index contributed by atoms with van der Waals surface area (Å²) in [5.41, 5.74) is 2.07. The van der Waals surface area contributed by atoms with Crippen LogP contribution >= 0.6 is 0 Å². The van der Waals surface area contributed by atoms with E-state index in [-0.39, 0.29) is 5.91 Å². The van der Waals surface area contributed by atoms with Gasteiger partial charge in [-0.15, -0.1) is 0 Å². The maximum absolute atomic E-state index is 11.7. The maximum Gasteiger partial charge on any atom is 0.250 e. The molecule has 20 heavy (non-hydrogen) atoms. The minimum Gasteiger partial charge on any atom is -0.365 e. The number of hydrogen-bond acceptors (Lipinski definition) is 4. The number of benzene rings is 1. The van der Waals surface area contributed by atoms with Crippen molar-refractivity contribution in [1.29, 1.82) is 0 Å². The molecule has 0 bridgehead atoms. The molecule has 1 aromatic carbocycles. The summed E-state index contributed by atoms with van der Waals surface area (Å²) in [5.74, 6) is -0.0759. The van der Waals surface area contributed by atoms with Gasteiger partial charge in [-0.2, -0.15) is 0 Å². The topological polar surface area (TPSA) is 54.5 Å². The van der Waals surface area contributed by atoms with Crippen LogP contribution in [0.5, 0.6) is 0 Å². The quantitative estimate of drug-likeness (QED) is 0.891. The van der Waals surface area contributed by atoms with E-state index in [1.165, 1.54) is 0 Å². The Morgan fingerprint density at radius 1 is 1.40 bits per heavy atom. The Bertz CT molecular complexity index is 624. The van der Waals surface area contributed by atoms with E-state index in [1.807, 2.05) is 30.5 Å². The molecule has 0 aliphatic carbocycles. The first kappa shape index (κ1) is 12.9. The van der Waals surface area contributed by atoms with Crippen LogP contribution < -0.4 is 10.2 Å². The number of likely N-dealkylation sites (N-methyl/N-ethyl adjacent to an activating group) is 1. The van der Waals surface area contributed by atoms with Gasteiger partial charge in [0.05, 0.1) is 18.7 Å². The molecule has 3 rings (SSSR count). The molecule has 0 radical (unpaired) electrons. The number of para-hydroxylation sites is 1. The molecule has 1 saturated heterocycles. The van der Waals surface area contributed by atoms with Gasteiger partial charge >= 0.3 is 0 Å². The molecule has 1 N–H and O–H groups in total. The summed E-state index contributed by atoms with van der Waals surface area (Å²) in [5, 5.41) is 3.75. The third-order valence-electron chi connectivity index (χ3n) is 3.57. The molecule has 1 fully saturated rings. The molecule has 1 aromatic heterocycles. The molecule has 5 nitrogen and oxygen atoms in total. The first-order valence-corrected chi connectivity index (χ1v) is 6.71. The Morgan fingerprint density at radius 3 is 3.10 bits per heavy atom. The number of rotatable bonds is 2. The lowest BCUT2D eigenvalue weighted by molar-refractivity contribution is -0.132. The van der Waals surface area contributed by atoms with Gasteiger partial charge in [0.25, 0.3) is 5.91 Å². The van der Waals surface area contributed by atoms with Gasteiger partial charge in [0, 0.05) is 30.9 Å². The highest BCUT2D eigenvalue weighted by Crippen LogP contribution is 2.26.